The number of hydrogen-bond donors (Lipinski definition) is 7. The number of ether oxygens (including phenoxy) is 1. The first-order valence-corrected chi connectivity index (χ1v) is 14.1. The number of aliphatic hydroxyl groups is 7. The highest BCUT2D eigenvalue weighted by Crippen LogP contribution is 2.76. The average Bonchev–Trinajstić information content (AvgIpc) is 3.08. The van der Waals surface area contributed by atoms with Crippen molar-refractivity contribution in [1.82, 2.24) is 4.90 Å². The van der Waals surface area contributed by atoms with Gasteiger partial charge in [-0.3, -0.25) is 4.90 Å². The lowest BCUT2D eigenvalue weighted by molar-refractivity contribution is -0.295. The Balaban J connectivity index is 1.37. The minimum Gasteiger partial charge on any atom is -0.393 e. The minimum atomic E-state index is -1.85. The highest BCUT2D eigenvalue weighted by molar-refractivity contribution is 5.33. The summed E-state index contributed by atoms with van der Waals surface area (Å²) in [5.41, 5.74) is -4.88. The Morgan fingerprint density at radius 1 is 0.944 bits per heavy atom. The second kappa shape index (κ2) is 7.04. The van der Waals surface area contributed by atoms with Crippen molar-refractivity contribution in [2.24, 2.45) is 40.9 Å². The predicted octanol–water partition coefficient (Wildman–Crippen LogP) is -0.814. The van der Waals surface area contributed by atoms with E-state index in [0.717, 1.165) is 19.4 Å². The highest BCUT2D eigenvalue weighted by atomic mass is 16.7. The maximum atomic E-state index is 12.5. The third-order valence-corrected chi connectivity index (χ3v) is 12.8. The van der Waals surface area contributed by atoms with Gasteiger partial charge in [-0.1, -0.05) is 13.8 Å². The summed E-state index contributed by atoms with van der Waals surface area (Å²) in [6.07, 6.45) is -1.92. The number of nitrogens with zero attached hydrogens (tertiary/aromatic N) is 1. The normalized spacial score (nSPS) is 68.0. The Morgan fingerprint density at radius 2 is 1.67 bits per heavy atom. The van der Waals surface area contributed by atoms with E-state index in [4.69, 9.17) is 4.74 Å². The van der Waals surface area contributed by atoms with Gasteiger partial charge in [0.1, 0.15) is 17.8 Å². The summed E-state index contributed by atoms with van der Waals surface area (Å²) in [7, 11) is 0. The van der Waals surface area contributed by atoms with Crippen LogP contribution in [0.5, 0.6) is 0 Å². The molecule has 7 N–H and O–H groups in total. The fraction of sp³-hybridized carbons (Fsp3) is 1.00. The SMILES string of the molecule is C[C@H]1CC[C@H]2N(C1)C[C@@H]1[C@H]([C@@H](O)[C@H](O)[C@]3(O)[C@H]1C[C@@]14O[C@@]5(O)[C@@H](C[C@@H](O)[C@@H]31)[C@]4(C)CC[C@@H]5O)[C@]2(C)O. The maximum absolute atomic E-state index is 12.5. The third kappa shape index (κ3) is 2.46. The smallest absolute Gasteiger partial charge is 0.196 e. The third-order valence-electron chi connectivity index (χ3n) is 12.8. The predicted molar refractivity (Wildman–Crippen MR) is 126 cm³/mol. The van der Waals surface area contributed by atoms with Crippen LogP contribution in [-0.2, 0) is 4.74 Å². The van der Waals surface area contributed by atoms with E-state index in [1.807, 2.05) is 6.92 Å². The van der Waals surface area contributed by atoms with E-state index in [9.17, 15) is 35.7 Å². The van der Waals surface area contributed by atoms with Crippen LogP contribution in [0.3, 0.4) is 0 Å². The summed E-state index contributed by atoms with van der Waals surface area (Å²) in [5.74, 6) is -4.29. The van der Waals surface area contributed by atoms with Gasteiger partial charge >= 0.3 is 0 Å². The van der Waals surface area contributed by atoms with Crippen LogP contribution >= 0.6 is 0 Å². The fourth-order valence-corrected chi connectivity index (χ4v) is 11.4. The molecule has 16 atom stereocenters. The summed E-state index contributed by atoms with van der Waals surface area (Å²) in [6, 6.07) is -0.130. The molecule has 9 heteroatoms. The molecule has 1 spiro atoms. The summed E-state index contributed by atoms with van der Waals surface area (Å²) in [5, 5.41) is 81.4. The first-order chi connectivity index (χ1) is 16.7. The zero-order valence-electron chi connectivity index (χ0n) is 21.5. The standard InChI is InChI=1S/C27H43NO8/c1-12-4-5-17-24(3,33)19-13(11-28(17)10-12)14-9-25-21(26(14,34)22(32)20(19)31)15(29)8-16-23(25,2)7-6-18(30)27(16,35)36-25/h12-22,29-35H,4-11H2,1-3H3/t12-,13-,14-,15+,16-,17+,18-,19+,20+,21+,22-,23-,24+,25+,26-,27-/m0/s1. The molecule has 3 saturated heterocycles. The molecule has 0 amide bonds. The van der Waals surface area contributed by atoms with Crippen molar-refractivity contribution in [3.63, 3.8) is 0 Å². The molecule has 36 heavy (non-hydrogen) atoms. The topological polar surface area (TPSA) is 154 Å². The Hall–Kier alpha value is -0.360. The van der Waals surface area contributed by atoms with Crippen molar-refractivity contribution >= 4 is 0 Å². The Bertz CT molecular complexity index is 964. The van der Waals surface area contributed by atoms with Crippen molar-refractivity contribution in [3.8, 4) is 0 Å². The van der Waals surface area contributed by atoms with Crippen LogP contribution in [-0.4, -0.2) is 107 Å². The van der Waals surface area contributed by atoms with Gasteiger partial charge in [-0.2, -0.15) is 0 Å². The second-order valence-corrected chi connectivity index (χ2v) is 14.2. The second-order valence-electron chi connectivity index (χ2n) is 14.2. The molecule has 4 aliphatic carbocycles. The zero-order chi connectivity index (χ0) is 25.8. The van der Waals surface area contributed by atoms with Gasteiger partial charge in [0.05, 0.1) is 23.4 Å². The maximum Gasteiger partial charge on any atom is 0.196 e. The van der Waals surface area contributed by atoms with Crippen LogP contribution in [0.15, 0.2) is 0 Å². The van der Waals surface area contributed by atoms with Gasteiger partial charge in [-0.15, -0.1) is 0 Å². The van der Waals surface area contributed by atoms with E-state index in [1.165, 1.54) is 0 Å². The van der Waals surface area contributed by atoms with Crippen molar-refractivity contribution < 1.29 is 40.5 Å². The number of aliphatic hydroxyl groups excluding tert-OH is 4. The quantitative estimate of drug-likeness (QED) is 0.222. The van der Waals surface area contributed by atoms with Gasteiger partial charge in [-0.25, -0.2) is 0 Å². The molecule has 0 aromatic rings. The zero-order valence-corrected chi connectivity index (χ0v) is 21.5. The molecule has 3 aliphatic heterocycles. The lowest BCUT2D eigenvalue weighted by Crippen LogP contribution is -2.76. The summed E-state index contributed by atoms with van der Waals surface area (Å²) in [4.78, 5) is 2.30. The van der Waals surface area contributed by atoms with Crippen LogP contribution in [0.25, 0.3) is 0 Å². The first-order valence-electron chi connectivity index (χ1n) is 14.1. The fourth-order valence-electron chi connectivity index (χ4n) is 11.4. The number of piperidine rings is 2. The van der Waals surface area contributed by atoms with Crippen molar-refractivity contribution in [1.29, 1.82) is 0 Å². The molecule has 4 saturated carbocycles. The molecule has 204 valence electrons. The van der Waals surface area contributed by atoms with Gasteiger partial charge in [0.15, 0.2) is 5.79 Å². The van der Waals surface area contributed by atoms with E-state index in [2.05, 4.69) is 11.8 Å². The van der Waals surface area contributed by atoms with Crippen molar-refractivity contribution in [2.75, 3.05) is 13.1 Å². The Kier molecular flexibility index (Phi) is 4.82. The molecule has 0 aromatic carbocycles. The lowest BCUT2D eigenvalue weighted by Gasteiger charge is -2.63. The summed E-state index contributed by atoms with van der Waals surface area (Å²) < 4.78 is 6.51. The van der Waals surface area contributed by atoms with Crippen LogP contribution in [0.1, 0.15) is 59.3 Å². The van der Waals surface area contributed by atoms with Crippen LogP contribution in [0, 0.1) is 40.9 Å². The molecule has 7 fully saturated rings. The van der Waals surface area contributed by atoms with E-state index >= 15 is 0 Å². The summed E-state index contributed by atoms with van der Waals surface area (Å²) in [6.45, 7) is 7.40. The summed E-state index contributed by atoms with van der Waals surface area (Å²) >= 11 is 0. The van der Waals surface area contributed by atoms with Crippen LogP contribution in [0.4, 0.5) is 0 Å². The molecular weight excluding hydrogens is 466 g/mol. The largest absolute Gasteiger partial charge is 0.393 e. The first kappa shape index (κ1) is 24.7. The van der Waals surface area contributed by atoms with E-state index in [-0.39, 0.29) is 18.4 Å². The van der Waals surface area contributed by atoms with Crippen LogP contribution in [0.2, 0.25) is 0 Å². The Morgan fingerprint density at radius 3 is 2.39 bits per heavy atom. The number of rotatable bonds is 0. The molecule has 0 unspecified atom stereocenters. The highest BCUT2D eigenvalue weighted by Gasteiger charge is 2.86. The minimum absolute atomic E-state index is 0.130. The van der Waals surface area contributed by atoms with E-state index in [1.54, 1.807) is 6.92 Å². The molecule has 0 radical (unpaired) electrons. The molecule has 4 bridgehead atoms. The van der Waals surface area contributed by atoms with Crippen molar-refractivity contribution in [3.05, 3.63) is 0 Å². The molecule has 7 aliphatic rings. The lowest BCUT2D eigenvalue weighted by atomic mass is 9.49. The number of hydrogen-bond acceptors (Lipinski definition) is 9. The van der Waals surface area contributed by atoms with Gasteiger partial charge in [0.25, 0.3) is 0 Å². The average molecular weight is 510 g/mol. The molecule has 0 aromatic heterocycles. The van der Waals surface area contributed by atoms with Crippen LogP contribution < -0.4 is 0 Å². The monoisotopic (exact) mass is 509 g/mol. The van der Waals surface area contributed by atoms with E-state index < -0.39 is 76.1 Å². The van der Waals surface area contributed by atoms with E-state index in [0.29, 0.717) is 31.7 Å². The molecule has 7 rings (SSSR count). The molecule has 9 nitrogen and oxygen atoms in total. The number of fused-ring (bicyclic) bond motifs is 5. The molecular formula is C27H43NO8. The Labute approximate surface area is 212 Å². The van der Waals surface area contributed by atoms with Crippen molar-refractivity contribution in [2.45, 2.75) is 112 Å². The van der Waals surface area contributed by atoms with Gasteiger partial charge in [0, 0.05) is 42.3 Å². The van der Waals surface area contributed by atoms with Gasteiger partial charge < -0.3 is 40.5 Å². The van der Waals surface area contributed by atoms with Gasteiger partial charge in [-0.05, 0) is 63.2 Å². The molecule has 3 heterocycles. The van der Waals surface area contributed by atoms with Gasteiger partial charge in [0.2, 0.25) is 0 Å².